The normalized spacial score (nSPS) is 10.6. The molecule has 3 aromatic rings. The zero-order chi connectivity index (χ0) is 16.6. The number of carboxylic acids is 2. The number of carbonyl (C=O) groups is 2. The summed E-state index contributed by atoms with van der Waals surface area (Å²) in [7, 11) is 0. The average molecular weight is 309 g/mol. The summed E-state index contributed by atoms with van der Waals surface area (Å²) in [6, 6.07) is 12.5. The molecular weight excluding hydrogens is 298 g/mol. The van der Waals surface area contributed by atoms with Crippen molar-refractivity contribution in [2.75, 3.05) is 0 Å². The van der Waals surface area contributed by atoms with E-state index in [2.05, 4.69) is 4.98 Å². The summed E-state index contributed by atoms with van der Waals surface area (Å²) >= 11 is 0. The van der Waals surface area contributed by atoms with Crippen LogP contribution >= 0.6 is 0 Å². The summed E-state index contributed by atoms with van der Waals surface area (Å²) in [6.45, 7) is 0. The Kier molecular flexibility index (Phi) is 3.42. The van der Waals surface area contributed by atoms with E-state index in [1.165, 1.54) is 12.1 Å². The van der Waals surface area contributed by atoms with Gasteiger partial charge in [0.15, 0.2) is 0 Å². The number of carboxylic acid groups (broad SMARTS) is 2. The number of aromatic carboxylic acids is 2. The number of pyridine rings is 1. The van der Waals surface area contributed by atoms with Gasteiger partial charge >= 0.3 is 11.9 Å². The molecule has 0 amide bonds. The maximum absolute atomic E-state index is 11.3. The number of nitrogens with zero attached hydrogens (tertiary/aromatic N) is 1. The lowest BCUT2D eigenvalue weighted by atomic mass is 10.0. The van der Waals surface area contributed by atoms with Gasteiger partial charge in [0.2, 0.25) is 0 Å². The Labute approximate surface area is 130 Å². The van der Waals surface area contributed by atoms with Gasteiger partial charge in [-0.2, -0.15) is 0 Å². The fourth-order valence-electron chi connectivity index (χ4n) is 2.35. The lowest BCUT2D eigenvalue weighted by Crippen LogP contribution is -2.06. The minimum atomic E-state index is -1.29. The molecule has 0 aliphatic heterocycles. The van der Waals surface area contributed by atoms with Crippen LogP contribution in [0.4, 0.5) is 0 Å². The highest BCUT2D eigenvalue weighted by molar-refractivity contribution is 6.05. The zero-order valence-corrected chi connectivity index (χ0v) is 11.7. The van der Waals surface area contributed by atoms with Crippen LogP contribution in [-0.4, -0.2) is 32.2 Å². The van der Waals surface area contributed by atoms with Crippen LogP contribution in [-0.2, 0) is 0 Å². The summed E-state index contributed by atoms with van der Waals surface area (Å²) in [5, 5.41) is 28.0. The predicted molar refractivity (Wildman–Crippen MR) is 82.8 cm³/mol. The van der Waals surface area contributed by atoms with Crippen molar-refractivity contribution in [3.8, 4) is 16.9 Å². The van der Waals surface area contributed by atoms with E-state index in [1.54, 1.807) is 30.3 Å². The van der Waals surface area contributed by atoms with Gasteiger partial charge in [0.05, 0.1) is 11.1 Å². The molecule has 1 heterocycles. The number of hydrogen-bond donors (Lipinski definition) is 3. The molecule has 23 heavy (non-hydrogen) atoms. The lowest BCUT2D eigenvalue weighted by Gasteiger charge is -2.07. The average Bonchev–Trinajstić information content (AvgIpc) is 2.53. The van der Waals surface area contributed by atoms with Gasteiger partial charge < -0.3 is 15.3 Å². The van der Waals surface area contributed by atoms with Gasteiger partial charge in [-0.1, -0.05) is 24.3 Å². The molecule has 0 unspecified atom stereocenters. The van der Waals surface area contributed by atoms with E-state index in [1.807, 2.05) is 0 Å². The van der Waals surface area contributed by atoms with Gasteiger partial charge in [-0.05, 0) is 35.4 Å². The molecule has 0 fully saturated rings. The standard InChI is InChI=1S/C17H11NO5/c19-11-4-1-9(2-5-11)10-3-6-12-13(16(20)21)8-15(17(22)23)18-14(12)7-10/h1-8,19H,(H,20,21)(H,22,23). The molecule has 6 nitrogen and oxygen atoms in total. The molecule has 1 aromatic heterocycles. The second kappa shape index (κ2) is 5.42. The van der Waals surface area contributed by atoms with Gasteiger partial charge in [-0.25, -0.2) is 14.6 Å². The summed E-state index contributed by atoms with van der Waals surface area (Å²) < 4.78 is 0. The number of aromatic hydroxyl groups is 1. The van der Waals surface area contributed by atoms with E-state index in [0.29, 0.717) is 5.39 Å². The molecule has 114 valence electrons. The van der Waals surface area contributed by atoms with Crippen LogP contribution in [0, 0.1) is 0 Å². The highest BCUT2D eigenvalue weighted by Gasteiger charge is 2.16. The Morgan fingerprint density at radius 2 is 1.48 bits per heavy atom. The van der Waals surface area contributed by atoms with Gasteiger partial charge in [-0.15, -0.1) is 0 Å². The molecule has 0 aliphatic carbocycles. The molecule has 6 heteroatoms. The van der Waals surface area contributed by atoms with Crippen LogP contribution in [0.15, 0.2) is 48.5 Å². The third kappa shape index (κ3) is 2.69. The van der Waals surface area contributed by atoms with Crippen LogP contribution in [0.25, 0.3) is 22.0 Å². The Balaban J connectivity index is 2.24. The van der Waals surface area contributed by atoms with Crippen molar-refractivity contribution in [1.29, 1.82) is 0 Å². The number of benzene rings is 2. The van der Waals surface area contributed by atoms with Crippen LogP contribution in [0.5, 0.6) is 5.75 Å². The van der Waals surface area contributed by atoms with E-state index in [0.717, 1.165) is 17.2 Å². The first-order chi connectivity index (χ1) is 11.0. The molecule has 0 atom stereocenters. The first-order valence-corrected chi connectivity index (χ1v) is 6.66. The minimum Gasteiger partial charge on any atom is -0.508 e. The van der Waals surface area contributed by atoms with Gasteiger partial charge in [-0.3, -0.25) is 0 Å². The number of rotatable bonds is 3. The summed E-state index contributed by atoms with van der Waals surface area (Å²) in [5.41, 5.74) is 1.39. The van der Waals surface area contributed by atoms with E-state index >= 15 is 0 Å². The monoisotopic (exact) mass is 309 g/mol. The molecule has 0 spiro atoms. The molecule has 0 saturated carbocycles. The Morgan fingerprint density at radius 3 is 2.09 bits per heavy atom. The Hall–Kier alpha value is -3.41. The molecule has 3 N–H and O–H groups in total. The number of phenols is 1. The SMILES string of the molecule is O=C(O)c1cc(C(=O)O)c2ccc(-c3ccc(O)cc3)cc2n1. The number of phenolic OH excluding ortho intramolecular Hbond substituents is 1. The molecule has 0 radical (unpaired) electrons. The highest BCUT2D eigenvalue weighted by atomic mass is 16.4. The number of aromatic nitrogens is 1. The van der Waals surface area contributed by atoms with Crippen molar-refractivity contribution >= 4 is 22.8 Å². The molecule has 2 aromatic carbocycles. The molecule has 3 rings (SSSR count). The van der Waals surface area contributed by atoms with Crippen molar-refractivity contribution < 1.29 is 24.9 Å². The van der Waals surface area contributed by atoms with E-state index < -0.39 is 11.9 Å². The quantitative estimate of drug-likeness (QED) is 0.686. The van der Waals surface area contributed by atoms with Crippen LogP contribution in [0.3, 0.4) is 0 Å². The van der Waals surface area contributed by atoms with E-state index in [4.69, 9.17) is 5.11 Å². The van der Waals surface area contributed by atoms with Crippen molar-refractivity contribution in [3.05, 3.63) is 59.8 Å². The first kappa shape index (κ1) is 14.5. The molecule has 0 bridgehead atoms. The summed E-state index contributed by atoms with van der Waals surface area (Å²) in [5.74, 6) is -2.37. The smallest absolute Gasteiger partial charge is 0.354 e. The maximum atomic E-state index is 11.3. The fraction of sp³-hybridized carbons (Fsp3) is 0. The van der Waals surface area contributed by atoms with Crippen LogP contribution < -0.4 is 0 Å². The maximum Gasteiger partial charge on any atom is 0.354 e. The number of hydrogen-bond acceptors (Lipinski definition) is 4. The van der Waals surface area contributed by atoms with Crippen molar-refractivity contribution in [1.82, 2.24) is 4.98 Å². The van der Waals surface area contributed by atoms with Crippen molar-refractivity contribution in [3.63, 3.8) is 0 Å². The fourth-order valence-corrected chi connectivity index (χ4v) is 2.35. The van der Waals surface area contributed by atoms with Crippen LogP contribution in [0.2, 0.25) is 0 Å². The molecular formula is C17H11NO5. The molecule has 0 saturated heterocycles. The van der Waals surface area contributed by atoms with Crippen molar-refractivity contribution in [2.45, 2.75) is 0 Å². The van der Waals surface area contributed by atoms with E-state index in [9.17, 15) is 19.8 Å². The second-order valence-corrected chi connectivity index (χ2v) is 4.94. The van der Waals surface area contributed by atoms with E-state index in [-0.39, 0.29) is 22.5 Å². The third-order valence-corrected chi connectivity index (χ3v) is 3.46. The highest BCUT2D eigenvalue weighted by Crippen LogP contribution is 2.27. The van der Waals surface area contributed by atoms with Crippen molar-refractivity contribution in [2.24, 2.45) is 0 Å². The Morgan fingerprint density at radius 1 is 0.826 bits per heavy atom. The molecule has 0 aliphatic rings. The minimum absolute atomic E-state index is 0.107. The Bertz CT molecular complexity index is 932. The van der Waals surface area contributed by atoms with Gasteiger partial charge in [0, 0.05) is 5.39 Å². The summed E-state index contributed by atoms with van der Waals surface area (Å²) in [6.07, 6.45) is 0. The summed E-state index contributed by atoms with van der Waals surface area (Å²) in [4.78, 5) is 26.5. The zero-order valence-electron chi connectivity index (χ0n) is 11.7. The topological polar surface area (TPSA) is 108 Å². The predicted octanol–water partition coefficient (Wildman–Crippen LogP) is 3.00. The second-order valence-electron chi connectivity index (χ2n) is 4.94. The third-order valence-electron chi connectivity index (χ3n) is 3.46. The first-order valence-electron chi connectivity index (χ1n) is 6.66. The van der Waals surface area contributed by atoms with Gasteiger partial charge in [0.25, 0.3) is 0 Å². The van der Waals surface area contributed by atoms with Crippen LogP contribution in [0.1, 0.15) is 20.8 Å². The largest absolute Gasteiger partial charge is 0.508 e. The number of fused-ring (bicyclic) bond motifs is 1. The van der Waals surface area contributed by atoms with Gasteiger partial charge in [0.1, 0.15) is 11.4 Å². The lowest BCUT2D eigenvalue weighted by molar-refractivity contribution is 0.0691.